The van der Waals surface area contributed by atoms with Crippen LogP contribution in [0.3, 0.4) is 0 Å². The fraction of sp³-hybridized carbons (Fsp3) is 0.429. The van der Waals surface area contributed by atoms with Gasteiger partial charge in [-0.05, 0) is 30.7 Å². The zero-order valence-corrected chi connectivity index (χ0v) is 16.5. The minimum Gasteiger partial charge on any atom is -0.493 e. The fourth-order valence-electron chi connectivity index (χ4n) is 3.22. The van der Waals surface area contributed by atoms with E-state index in [1.165, 1.54) is 0 Å². The maximum Gasteiger partial charge on any atom is 0.225 e. The van der Waals surface area contributed by atoms with Gasteiger partial charge in [0.25, 0.3) is 0 Å². The van der Waals surface area contributed by atoms with E-state index in [0.29, 0.717) is 18.0 Å². The fourth-order valence-corrected chi connectivity index (χ4v) is 3.22. The number of aliphatic hydroxyl groups excluding tert-OH is 1. The number of hydrogen-bond acceptors (Lipinski definition) is 7. The van der Waals surface area contributed by atoms with Gasteiger partial charge < -0.3 is 19.5 Å². The van der Waals surface area contributed by atoms with Gasteiger partial charge in [-0.3, -0.25) is 4.90 Å². The second-order valence-corrected chi connectivity index (χ2v) is 6.71. The van der Waals surface area contributed by atoms with Crippen molar-refractivity contribution in [1.29, 1.82) is 0 Å². The Morgan fingerprint density at radius 2 is 1.89 bits per heavy atom. The van der Waals surface area contributed by atoms with Crippen molar-refractivity contribution in [3.63, 3.8) is 0 Å². The minimum absolute atomic E-state index is 0.224. The Morgan fingerprint density at radius 1 is 1.14 bits per heavy atom. The number of benzene rings is 1. The molecule has 3 rings (SSSR count). The molecule has 1 fully saturated rings. The number of ether oxygens (including phenoxy) is 2. The van der Waals surface area contributed by atoms with Gasteiger partial charge in [0, 0.05) is 45.1 Å². The molecule has 1 aromatic heterocycles. The highest BCUT2D eigenvalue weighted by Crippen LogP contribution is 2.28. The van der Waals surface area contributed by atoms with E-state index in [-0.39, 0.29) is 6.61 Å². The summed E-state index contributed by atoms with van der Waals surface area (Å²) in [5, 5.41) is 10.4. The average Bonchev–Trinajstić information content (AvgIpc) is 2.74. The van der Waals surface area contributed by atoms with Gasteiger partial charge in [-0.2, -0.15) is 0 Å². The maximum absolute atomic E-state index is 10.4. The summed E-state index contributed by atoms with van der Waals surface area (Å²) in [5.74, 6) is 2.07. The number of piperazine rings is 1. The Bertz CT molecular complexity index is 762. The van der Waals surface area contributed by atoms with E-state index < -0.39 is 6.10 Å². The molecule has 7 heteroatoms. The normalized spacial score (nSPS) is 16.3. The molecule has 1 aromatic carbocycles. The largest absolute Gasteiger partial charge is 0.493 e. The molecule has 1 atom stereocenters. The van der Waals surface area contributed by atoms with E-state index in [0.717, 1.165) is 37.7 Å². The van der Waals surface area contributed by atoms with Crippen LogP contribution in [0.4, 0.5) is 5.95 Å². The SMILES string of the molecule is C/C=C/c1ccc(OCC(O)CN2CCN(c3ncccn3)CC2)c(OC)c1. The van der Waals surface area contributed by atoms with Crippen LogP contribution in [0.25, 0.3) is 6.08 Å². The lowest BCUT2D eigenvalue weighted by Crippen LogP contribution is -2.49. The standard InChI is InChI=1S/C21H28N4O3/c1-3-5-17-6-7-19(20(14-17)27-2)28-16-18(26)15-24-10-12-25(13-11-24)21-22-8-4-9-23-21/h3-9,14,18,26H,10-13,15-16H2,1-2H3/b5-3+. The minimum atomic E-state index is -0.570. The van der Waals surface area contributed by atoms with Crippen molar-refractivity contribution in [1.82, 2.24) is 14.9 Å². The molecule has 0 bridgehead atoms. The van der Waals surface area contributed by atoms with Crippen LogP contribution in [-0.2, 0) is 0 Å². The molecule has 1 aliphatic rings. The highest BCUT2D eigenvalue weighted by atomic mass is 16.5. The lowest BCUT2D eigenvalue weighted by molar-refractivity contribution is 0.0652. The molecule has 7 nitrogen and oxygen atoms in total. The molecular weight excluding hydrogens is 356 g/mol. The van der Waals surface area contributed by atoms with Gasteiger partial charge in [0.1, 0.15) is 12.7 Å². The Kier molecular flexibility index (Phi) is 7.22. The number of hydrogen-bond donors (Lipinski definition) is 1. The van der Waals surface area contributed by atoms with Gasteiger partial charge in [0.2, 0.25) is 5.95 Å². The monoisotopic (exact) mass is 384 g/mol. The number of methoxy groups -OCH3 is 1. The Balaban J connectivity index is 1.46. The average molecular weight is 384 g/mol. The molecule has 0 spiro atoms. The second kappa shape index (κ2) is 10.1. The van der Waals surface area contributed by atoms with E-state index in [9.17, 15) is 5.11 Å². The van der Waals surface area contributed by atoms with Gasteiger partial charge in [-0.1, -0.05) is 18.2 Å². The van der Waals surface area contributed by atoms with Crippen LogP contribution in [0.2, 0.25) is 0 Å². The van der Waals surface area contributed by atoms with Gasteiger partial charge in [-0.25, -0.2) is 9.97 Å². The van der Waals surface area contributed by atoms with Gasteiger partial charge in [0.05, 0.1) is 7.11 Å². The predicted octanol–water partition coefficient (Wildman–Crippen LogP) is 2.08. The second-order valence-electron chi connectivity index (χ2n) is 6.71. The molecule has 1 aliphatic heterocycles. The first-order chi connectivity index (χ1) is 13.7. The van der Waals surface area contributed by atoms with Crippen LogP contribution in [0.5, 0.6) is 11.5 Å². The molecule has 0 radical (unpaired) electrons. The molecule has 2 heterocycles. The molecule has 2 aromatic rings. The van der Waals surface area contributed by atoms with Crippen LogP contribution < -0.4 is 14.4 Å². The van der Waals surface area contributed by atoms with Crippen LogP contribution in [0.15, 0.2) is 42.7 Å². The highest BCUT2D eigenvalue weighted by molar-refractivity contribution is 5.55. The van der Waals surface area contributed by atoms with Gasteiger partial charge in [-0.15, -0.1) is 0 Å². The summed E-state index contributed by atoms with van der Waals surface area (Å²) in [6, 6.07) is 7.58. The van der Waals surface area contributed by atoms with Crippen LogP contribution >= 0.6 is 0 Å². The van der Waals surface area contributed by atoms with Crippen LogP contribution in [0.1, 0.15) is 12.5 Å². The molecule has 150 valence electrons. The van der Waals surface area contributed by atoms with Gasteiger partial charge in [0.15, 0.2) is 11.5 Å². The molecule has 0 aliphatic carbocycles. The summed E-state index contributed by atoms with van der Waals surface area (Å²) in [6.45, 7) is 6.17. The van der Waals surface area contributed by atoms with E-state index in [2.05, 4.69) is 19.8 Å². The van der Waals surface area contributed by atoms with Crippen molar-refractivity contribution in [2.75, 3.05) is 51.3 Å². The zero-order valence-electron chi connectivity index (χ0n) is 16.5. The summed E-state index contributed by atoms with van der Waals surface area (Å²) in [7, 11) is 1.62. The summed E-state index contributed by atoms with van der Waals surface area (Å²) in [5.41, 5.74) is 1.05. The van der Waals surface area contributed by atoms with Crippen molar-refractivity contribution < 1.29 is 14.6 Å². The molecule has 1 saturated heterocycles. The molecule has 28 heavy (non-hydrogen) atoms. The number of allylic oxidation sites excluding steroid dienone is 1. The van der Waals surface area contributed by atoms with Gasteiger partial charge >= 0.3 is 0 Å². The number of aromatic nitrogens is 2. The van der Waals surface area contributed by atoms with E-state index in [1.807, 2.05) is 43.3 Å². The first kappa shape index (κ1) is 20.1. The zero-order chi connectivity index (χ0) is 19.8. The molecule has 1 N–H and O–H groups in total. The lowest BCUT2D eigenvalue weighted by atomic mass is 10.2. The van der Waals surface area contributed by atoms with E-state index in [4.69, 9.17) is 9.47 Å². The number of anilines is 1. The van der Waals surface area contributed by atoms with Crippen molar-refractivity contribution in [3.8, 4) is 11.5 Å². The quantitative estimate of drug-likeness (QED) is 0.747. The van der Waals surface area contributed by atoms with Crippen molar-refractivity contribution >= 4 is 12.0 Å². The highest BCUT2D eigenvalue weighted by Gasteiger charge is 2.21. The lowest BCUT2D eigenvalue weighted by Gasteiger charge is -2.35. The molecule has 1 unspecified atom stereocenters. The molecule has 0 amide bonds. The summed E-state index contributed by atoms with van der Waals surface area (Å²) < 4.78 is 11.2. The van der Waals surface area contributed by atoms with Crippen LogP contribution in [-0.4, -0.2) is 72.5 Å². The third-order valence-electron chi connectivity index (χ3n) is 4.65. The first-order valence-electron chi connectivity index (χ1n) is 9.55. The third kappa shape index (κ3) is 5.43. The van der Waals surface area contributed by atoms with E-state index in [1.54, 1.807) is 19.5 Å². The maximum atomic E-state index is 10.4. The van der Waals surface area contributed by atoms with E-state index >= 15 is 0 Å². The van der Waals surface area contributed by atoms with Crippen molar-refractivity contribution in [2.24, 2.45) is 0 Å². The van der Waals surface area contributed by atoms with Crippen molar-refractivity contribution in [2.45, 2.75) is 13.0 Å². The molecular formula is C21H28N4O3. The predicted molar refractivity (Wildman–Crippen MR) is 110 cm³/mol. The number of β-amino-alcohol motifs (C(OH)–C–C–N with tert-alkyl or cyclic N) is 1. The first-order valence-corrected chi connectivity index (χ1v) is 9.55. The number of aliphatic hydroxyl groups is 1. The Labute approximate surface area is 166 Å². The summed E-state index contributed by atoms with van der Waals surface area (Å²) in [4.78, 5) is 13.0. The molecule has 0 saturated carbocycles. The topological polar surface area (TPSA) is 71.0 Å². The third-order valence-corrected chi connectivity index (χ3v) is 4.65. The van der Waals surface area contributed by atoms with Crippen LogP contribution in [0, 0.1) is 0 Å². The summed E-state index contributed by atoms with van der Waals surface area (Å²) in [6.07, 6.45) is 6.92. The smallest absolute Gasteiger partial charge is 0.225 e. The summed E-state index contributed by atoms with van der Waals surface area (Å²) >= 11 is 0. The van der Waals surface area contributed by atoms with Crippen molar-refractivity contribution in [3.05, 3.63) is 48.3 Å². The number of nitrogens with zero attached hydrogens (tertiary/aromatic N) is 4. The Hall–Kier alpha value is -2.64. The number of rotatable bonds is 8. The Morgan fingerprint density at radius 3 is 2.57 bits per heavy atom.